The largest absolute Gasteiger partial charge is 0.378 e. The molecule has 2 aromatic carbocycles. The van der Waals surface area contributed by atoms with Crippen LogP contribution >= 0.6 is 0 Å². The summed E-state index contributed by atoms with van der Waals surface area (Å²) in [6, 6.07) is 17.0. The van der Waals surface area contributed by atoms with Gasteiger partial charge in [0.05, 0.1) is 12.0 Å². The minimum atomic E-state index is -0.205. The first kappa shape index (κ1) is 23.5. The molecule has 2 heterocycles. The van der Waals surface area contributed by atoms with Crippen LogP contribution in [0.4, 0.5) is 0 Å². The van der Waals surface area contributed by atoms with Crippen LogP contribution in [-0.2, 0) is 20.7 Å². The highest BCUT2D eigenvalue weighted by atomic mass is 16.5. The van der Waals surface area contributed by atoms with Crippen molar-refractivity contribution in [2.24, 2.45) is 5.92 Å². The van der Waals surface area contributed by atoms with Gasteiger partial charge in [0.2, 0.25) is 11.8 Å². The van der Waals surface area contributed by atoms with Crippen LogP contribution in [0.3, 0.4) is 0 Å². The molecule has 2 aliphatic rings. The van der Waals surface area contributed by atoms with Crippen LogP contribution in [0.2, 0.25) is 0 Å². The Labute approximate surface area is 197 Å². The Hall–Kier alpha value is -2.66. The molecule has 4 rings (SSSR count). The van der Waals surface area contributed by atoms with E-state index in [1.807, 2.05) is 16.7 Å². The average Bonchev–Trinajstić information content (AvgIpc) is 3.30. The van der Waals surface area contributed by atoms with Crippen molar-refractivity contribution in [2.75, 3.05) is 32.8 Å². The number of amides is 2. The lowest BCUT2D eigenvalue weighted by atomic mass is 9.95. The van der Waals surface area contributed by atoms with Gasteiger partial charge in [-0.05, 0) is 56.2 Å². The number of benzene rings is 2. The van der Waals surface area contributed by atoms with E-state index in [1.54, 1.807) is 0 Å². The molecule has 2 fully saturated rings. The molecule has 176 valence electrons. The molecule has 0 aliphatic carbocycles. The molecule has 0 bridgehead atoms. The molecular weight excluding hydrogens is 412 g/mol. The van der Waals surface area contributed by atoms with Crippen molar-refractivity contribution in [1.82, 2.24) is 9.80 Å². The molecule has 2 amide bonds. The molecule has 0 aromatic heterocycles. The number of hydrogen-bond donors (Lipinski definition) is 0. The zero-order chi connectivity index (χ0) is 23.2. The minimum absolute atomic E-state index is 0.149. The van der Waals surface area contributed by atoms with Crippen molar-refractivity contribution in [2.45, 2.75) is 52.1 Å². The highest BCUT2D eigenvalue weighted by Gasteiger charge is 2.32. The second kappa shape index (κ2) is 11.0. The lowest BCUT2D eigenvalue weighted by molar-refractivity contribution is -0.135. The third-order valence-electron chi connectivity index (χ3n) is 6.97. The molecule has 2 aliphatic heterocycles. The normalized spacial score (nSPS) is 21.3. The number of carbonyl (C=O) groups excluding carboxylic acids is 2. The maximum atomic E-state index is 13.2. The summed E-state index contributed by atoms with van der Waals surface area (Å²) in [6.07, 6.45) is 4.30. The fraction of sp³-hybridized carbons (Fsp3) is 0.500. The molecular formula is C28H36N2O3. The Morgan fingerprint density at radius 1 is 1.09 bits per heavy atom. The topological polar surface area (TPSA) is 49.9 Å². The van der Waals surface area contributed by atoms with E-state index in [4.69, 9.17) is 4.74 Å². The number of likely N-dealkylation sites (N-methyl/N-ethyl adjacent to an activating group) is 1. The van der Waals surface area contributed by atoms with Crippen molar-refractivity contribution < 1.29 is 14.3 Å². The number of ether oxygens (including phenoxy) is 1. The van der Waals surface area contributed by atoms with Crippen molar-refractivity contribution in [3.8, 4) is 11.1 Å². The predicted molar refractivity (Wildman–Crippen MR) is 131 cm³/mol. The monoisotopic (exact) mass is 448 g/mol. The van der Waals surface area contributed by atoms with E-state index in [0.29, 0.717) is 39.0 Å². The zero-order valence-corrected chi connectivity index (χ0v) is 20.0. The minimum Gasteiger partial charge on any atom is -0.378 e. The molecule has 0 saturated carbocycles. The van der Waals surface area contributed by atoms with Crippen LogP contribution < -0.4 is 0 Å². The zero-order valence-electron chi connectivity index (χ0n) is 20.0. The van der Waals surface area contributed by atoms with Gasteiger partial charge in [-0.1, -0.05) is 54.1 Å². The standard InChI is InChI=1S/C28H36N2O3/c1-3-29-15-16-30(27(31)14-13-26-8-5-17-33-26)20-25(28(29)32)19-22-9-11-23(12-10-22)24-7-4-6-21(2)18-24/h4,6-7,9-12,18,25-26H,3,5,8,13-17,19-20H2,1-2H3/t25-,26-/m1/s1. The Bertz CT molecular complexity index is 950. The van der Waals surface area contributed by atoms with Gasteiger partial charge in [-0.15, -0.1) is 0 Å². The molecule has 0 radical (unpaired) electrons. The second-order valence-corrected chi connectivity index (χ2v) is 9.40. The number of nitrogens with zero attached hydrogens (tertiary/aromatic N) is 2. The van der Waals surface area contributed by atoms with Crippen LogP contribution in [0.25, 0.3) is 11.1 Å². The first-order valence-corrected chi connectivity index (χ1v) is 12.4. The van der Waals surface area contributed by atoms with Gasteiger partial charge in [0.1, 0.15) is 0 Å². The van der Waals surface area contributed by atoms with Gasteiger partial charge in [-0.25, -0.2) is 0 Å². The average molecular weight is 449 g/mol. The van der Waals surface area contributed by atoms with Gasteiger partial charge in [0.25, 0.3) is 0 Å². The van der Waals surface area contributed by atoms with E-state index >= 15 is 0 Å². The Morgan fingerprint density at radius 2 is 1.91 bits per heavy atom. The van der Waals surface area contributed by atoms with Gasteiger partial charge < -0.3 is 14.5 Å². The third-order valence-corrected chi connectivity index (χ3v) is 6.97. The van der Waals surface area contributed by atoms with Crippen LogP contribution in [0, 0.1) is 12.8 Å². The van der Waals surface area contributed by atoms with Crippen LogP contribution in [-0.4, -0.2) is 60.5 Å². The van der Waals surface area contributed by atoms with Crippen molar-refractivity contribution in [3.63, 3.8) is 0 Å². The van der Waals surface area contributed by atoms with E-state index < -0.39 is 0 Å². The molecule has 33 heavy (non-hydrogen) atoms. The molecule has 0 spiro atoms. The summed E-state index contributed by atoms with van der Waals surface area (Å²) in [7, 11) is 0. The molecule has 0 unspecified atom stereocenters. The maximum absolute atomic E-state index is 13.2. The lowest BCUT2D eigenvalue weighted by Crippen LogP contribution is -2.38. The molecule has 5 nitrogen and oxygen atoms in total. The summed E-state index contributed by atoms with van der Waals surface area (Å²) in [4.78, 5) is 30.0. The Morgan fingerprint density at radius 3 is 2.61 bits per heavy atom. The number of hydrogen-bond acceptors (Lipinski definition) is 3. The van der Waals surface area contributed by atoms with E-state index in [2.05, 4.69) is 55.5 Å². The van der Waals surface area contributed by atoms with Crippen molar-refractivity contribution in [1.29, 1.82) is 0 Å². The van der Waals surface area contributed by atoms with Gasteiger partial charge >= 0.3 is 0 Å². The first-order valence-electron chi connectivity index (χ1n) is 12.4. The summed E-state index contributed by atoms with van der Waals surface area (Å²) >= 11 is 0. The van der Waals surface area contributed by atoms with Gasteiger partial charge in [0.15, 0.2) is 0 Å². The Balaban J connectivity index is 1.43. The number of carbonyl (C=O) groups is 2. The van der Waals surface area contributed by atoms with Gasteiger partial charge in [-0.2, -0.15) is 0 Å². The summed E-state index contributed by atoms with van der Waals surface area (Å²) in [5, 5.41) is 0. The van der Waals surface area contributed by atoms with E-state index in [1.165, 1.54) is 16.7 Å². The molecule has 2 aromatic rings. The summed E-state index contributed by atoms with van der Waals surface area (Å²) in [5.41, 5.74) is 4.75. The molecule has 2 atom stereocenters. The smallest absolute Gasteiger partial charge is 0.227 e. The quantitative estimate of drug-likeness (QED) is 0.628. The van der Waals surface area contributed by atoms with Gasteiger partial charge in [-0.3, -0.25) is 9.59 Å². The Kier molecular flexibility index (Phi) is 7.81. The first-order chi connectivity index (χ1) is 16.0. The number of rotatable bonds is 7. The third kappa shape index (κ3) is 6.02. The van der Waals surface area contributed by atoms with Crippen LogP contribution in [0.5, 0.6) is 0 Å². The summed E-state index contributed by atoms with van der Waals surface area (Å²) in [6.45, 7) is 7.34. The highest BCUT2D eigenvalue weighted by Crippen LogP contribution is 2.24. The predicted octanol–water partition coefficient (Wildman–Crippen LogP) is 4.47. The maximum Gasteiger partial charge on any atom is 0.227 e. The molecule has 2 saturated heterocycles. The van der Waals surface area contributed by atoms with E-state index in [9.17, 15) is 9.59 Å². The van der Waals surface area contributed by atoms with E-state index in [0.717, 1.165) is 31.4 Å². The summed E-state index contributed by atoms with van der Waals surface area (Å²) < 4.78 is 5.68. The fourth-order valence-corrected chi connectivity index (χ4v) is 4.99. The van der Waals surface area contributed by atoms with Crippen LogP contribution in [0.15, 0.2) is 48.5 Å². The molecule has 5 heteroatoms. The fourth-order valence-electron chi connectivity index (χ4n) is 4.99. The van der Waals surface area contributed by atoms with Gasteiger partial charge in [0, 0.05) is 39.2 Å². The van der Waals surface area contributed by atoms with Crippen LogP contribution in [0.1, 0.15) is 43.7 Å². The van der Waals surface area contributed by atoms with Crippen molar-refractivity contribution in [3.05, 3.63) is 59.7 Å². The van der Waals surface area contributed by atoms with E-state index in [-0.39, 0.29) is 23.8 Å². The molecule has 0 N–H and O–H groups in total. The SMILES string of the molecule is CCN1CCN(C(=O)CC[C@H]2CCCO2)C[C@@H](Cc2ccc(-c3cccc(C)c3)cc2)C1=O. The van der Waals surface area contributed by atoms with Crippen molar-refractivity contribution >= 4 is 11.8 Å². The number of aryl methyl sites for hydroxylation is 1. The summed E-state index contributed by atoms with van der Waals surface area (Å²) in [5.74, 6) is 0.106. The second-order valence-electron chi connectivity index (χ2n) is 9.40. The lowest BCUT2D eigenvalue weighted by Gasteiger charge is -2.24. The highest BCUT2D eigenvalue weighted by molar-refractivity contribution is 5.82.